The summed E-state index contributed by atoms with van der Waals surface area (Å²) in [6.07, 6.45) is 0.755. The molecule has 0 aliphatic rings. The predicted octanol–water partition coefficient (Wildman–Crippen LogP) is 3.04. The smallest absolute Gasteiger partial charge is 0.254 e. The number of benzene rings is 1. The van der Waals surface area contributed by atoms with E-state index >= 15 is 0 Å². The van der Waals surface area contributed by atoms with Gasteiger partial charge in [0.2, 0.25) is 5.91 Å². The first kappa shape index (κ1) is 19.2. The van der Waals surface area contributed by atoms with Crippen molar-refractivity contribution < 1.29 is 4.79 Å². The summed E-state index contributed by atoms with van der Waals surface area (Å²) in [5, 5.41) is 4.64. The number of fused-ring (bicyclic) bond motifs is 1. The van der Waals surface area contributed by atoms with Gasteiger partial charge in [-0.2, -0.15) is 0 Å². The maximum atomic E-state index is 12.3. The summed E-state index contributed by atoms with van der Waals surface area (Å²) in [5.74, 6) is 0.350. The zero-order valence-electron chi connectivity index (χ0n) is 15.9. The van der Waals surface area contributed by atoms with Crippen molar-refractivity contribution in [2.75, 3.05) is 6.54 Å². The number of carbonyl (C=O) groups is 1. The number of nitrogens with zero attached hydrogens (tertiary/aromatic N) is 1. The molecule has 2 heterocycles. The van der Waals surface area contributed by atoms with E-state index in [1.54, 1.807) is 13.8 Å². The first-order valence-electron chi connectivity index (χ1n) is 8.87. The molecule has 7 heteroatoms. The van der Waals surface area contributed by atoms with Crippen molar-refractivity contribution in [3.05, 3.63) is 61.4 Å². The van der Waals surface area contributed by atoms with Crippen molar-refractivity contribution in [2.24, 2.45) is 0 Å². The summed E-state index contributed by atoms with van der Waals surface area (Å²) in [4.78, 5) is 34.4. The Labute approximate surface area is 162 Å². The highest BCUT2D eigenvalue weighted by molar-refractivity contribution is 6.35. The van der Waals surface area contributed by atoms with Gasteiger partial charge < -0.3 is 15.3 Å². The molecule has 0 bridgehead atoms. The molecule has 27 heavy (non-hydrogen) atoms. The number of H-pyrrole nitrogens is 2. The number of nitrogens with one attached hydrogen (secondary N) is 3. The summed E-state index contributed by atoms with van der Waals surface area (Å²) >= 11 is 6.40. The van der Waals surface area contributed by atoms with Crippen LogP contribution in [0.5, 0.6) is 0 Å². The largest absolute Gasteiger partial charge is 0.358 e. The van der Waals surface area contributed by atoms with Crippen LogP contribution in [0, 0.1) is 27.7 Å². The molecule has 0 saturated heterocycles. The molecule has 0 spiro atoms. The Morgan fingerprint density at radius 1 is 1.19 bits per heavy atom. The third-order valence-corrected chi connectivity index (χ3v) is 5.14. The molecule has 3 N–H and O–H groups in total. The number of aryl methyl sites for hydroxylation is 3. The van der Waals surface area contributed by atoms with Gasteiger partial charge in [0.1, 0.15) is 5.82 Å². The molecule has 1 amide bonds. The van der Waals surface area contributed by atoms with Crippen molar-refractivity contribution >= 4 is 28.4 Å². The second kappa shape index (κ2) is 7.56. The van der Waals surface area contributed by atoms with E-state index in [0.29, 0.717) is 35.1 Å². The summed E-state index contributed by atoms with van der Waals surface area (Å²) < 4.78 is 0. The predicted molar refractivity (Wildman–Crippen MR) is 108 cm³/mol. The fraction of sp³-hybridized carbons (Fsp3) is 0.350. The maximum Gasteiger partial charge on any atom is 0.254 e. The molecule has 0 radical (unpaired) electrons. The van der Waals surface area contributed by atoms with E-state index in [1.165, 1.54) is 0 Å². The number of hydrogen-bond donors (Lipinski definition) is 3. The van der Waals surface area contributed by atoms with Crippen molar-refractivity contribution in [3.63, 3.8) is 0 Å². The van der Waals surface area contributed by atoms with E-state index in [4.69, 9.17) is 11.6 Å². The number of carbonyl (C=O) groups excluding carboxylic acids is 1. The van der Waals surface area contributed by atoms with Crippen LogP contribution in [0.1, 0.15) is 33.9 Å². The van der Waals surface area contributed by atoms with Crippen LogP contribution in [0.25, 0.3) is 10.9 Å². The van der Waals surface area contributed by atoms with Crippen LogP contribution >= 0.6 is 11.6 Å². The normalized spacial score (nSPS) is 11.1. The van der Waals surface area contributed by atoms with Gasteiger partial charge in [0, 0.05) is 23.2 Å². The van der Waals surface area contributed by atoms with Crippen LogP contribution < -0.4 is 10.9 Å². The highest BCUT2D eigenvalue weighted by Crippen LogP contribution is 2.31. The van der Waals surface area contributed by atoms with Gasteiger partial charge in [-0.3, -0.25) is 9.59 Å². The Kier molecular flexibility index (Phi) is 5.37. The maximum absolute atomic E-state index is 12.3. The van der Waals surface area contributed by atoms with Gasteiger partial charge in [0.05, 0.1) is 22.7 Å². The van der Waals surface area contributed by atoms with Crippen LogP contribution in [0.3, 0.4) is 0 Å². The van der Waals surface area contributed by atoms with Crippen molar-refractivity contribution in [2.45, 2.75) is 40.5 Å². The molecule has 0 fully saturated rings. The second-order valence-electron chi connectivity index (χ2n) is 6.84. The number of rotatable bonds is 5. The summed E-state index contributed by atoms with van der Waals surface area (Å²) in [5.41, 5.74) is 5.13. The summed E-state index contributed by atoms with van der Waals surface area (Å²) in [6, 6.07) is 3.89. The fourth-order valence-electron chi connectivity index (χ4n) is 3.32. The fourth-order valence-corrected chi connectivity index (χ4v) is 3.59. The Bertz CT molecular complexity index is 1080. The van der Waals surface area contributed by atoms with Crippen LogP contribution in [0.4, 0.5) is 0 Å². The van der Waals surface area contributed by atoms with Gasteiger partial charge in [0.25, 0.3) is 5.56 Å². The van der Waals surface area contributed by atoms with E-state index in [0.717, 1.165) is 27.7 Å². The lowest BCUT2D eigenvalue weighted by Gasteiger charge is -2.08. The van der Waals surface area contributed by atoms with Gasteiger partial charge in [-0.1, -0.05) is 17.7 Å². The molecule has 0 saturated carbocycles. The number of aromatic amines is 2. The topological polar surface area (TPSA) is 90.6 Å². The zero-order chi connectivity index (χ0) is 19.7. The van der Waals surface area contributed by atoms with Crippen LogP contribution in [-0.2, 0) is 17.6 Å². The molecule has 6 nitrogen and oxygen atoms in total. The molecule has 2 aromatic heterocycles. The lowest BCUT2D eigenvalue weighted by Crippen LogP contribution is -2.29. The minimum Gasteiger partial charge on any atom is -0.358 e. The van der Waals surface area contributed by atoms with Crippen molar-refractivity contribution in [1.82, 2.24) is 20.3 Å². The molecule has 0 aliphatic carbocycles. The molecule has 1 aromatic carbocycles. The van der Waals surface area contributed by atoms with Gasteiger partial charge in [0.15, 0.2) is 0 Å². The van der Waals surface area contributed by atoms with Gasteiger partial charge in [-0.25, -0.2) is 4.98 Å². The molecule has 0 atom stereocenters. The van der Waals surface area contributed by atoms with Crippen molar-refractivity contribution in [1.29, 1.82) is 0 Å². The third kappa shape index (κ3) is 3.90. The number of amides is 1. The number of hydrogen-bond acceptors (Lipinski definition) is 3. The first-order valence-corrected chi connectivity index (χ1v) is 9.25. The minimum atomic E-state index is -0.204. The number of halogens is 1. The first-order chi connectivity index (χ1) is 12.8. The van der Waals surface area contributed by atoms with Crippen LogP contribution in [0.2, 0.25) is 5.02 Å². The second-order valence-corrected chi connectivity index (χ2v) is 7.25. The van der Waals surface area contributed by atoms with Gasteiger partial charge >= 0.3 is 0 Å². The molecule has 3 rings (SSSR count). The Hall–Kier alpha value is -2.60. The Morgan fingerprint density at radius 3 is 2.67 bits per heavy atom. The molecule has 0 aliphatic heterocycles. The molecular weight excluding hydrogens is 364 g/mol. The molecular formula is C20H23ClN4O2. The standard InChI is InChI=1S/C20H23ClN4O2/c1-10-5-6-15(21)18-14(12(3)23-19(10)18)7-8-22-17(26)9-16-11(2)20(27)25-13(4)24-16/h5-6,23H,7-9H2,1-4H3,(H,22,26)(H,24,25,27). The molecule has 142 valence electrons. The van der Waals surface area contributed by atoms with Gasteiger partial charge in [-0.15, -0.1) is 0 Å². The van der Waals surface area contributed by atoms with E-state index in [9.17, 15) is 9.59 Å². The van der Waals surface area contributed by atoms with Gasteiger partial charge in [-0.05, 0) is 51.3 Å². The quantitative estimate of drug-likeness (QED) is 0.629. The van der Waals surface area contributed by atoms with E-state index in [-0.39, 0.29) is 17.9 Å². The Morgan fingerprint density at radius 2 is 1.93 bits per heavy atom. The highest BCUT2D eigenvalue weighted by atomic mass is 35.5. The zero-order valence-corrected chi connectivity index (χ0v) is 16.7. The molecule has 3 aromatic rings. The summed E-state index contributed by atoms with van der Waals surface area (Å²) in [7, 11) is 0. The van der Waals surface area contributed by atoms with Crippen LogP contribution in [0.15, 0.2) is 16.9 Å². The molecule has 0 unspecified atom stereocenters. The SMILES string of the molecule is Cc1nc(CC(=O)NCCc2c(C)[nH]c3c(C)ccc(Cl)c23)c(C)c(=O)[nH]1. The summed E-state index contributed by atoms with van der Waals surface area (Å²) in [6.45, 7) is 7.91. The van der Waals surface area contributed by atoms with E-state index < -0.39 is 0 Å². The van der Waals surface area contributed by atoms with E-state index in [1.807, 2.05) is 26.0 Å². The lowest BCUT2D eigenvalue weighted by atomic mass is 10.1. The highest BCUT2D eigenvalue weighted by Gasteiger charge is 2.14. The lowest BCUT2D eigenvalue weighted by molar-refractivity contribution is -0.120. The average Bonchev–Trinajstić information content (AvgIpc) is 2.93. The monoisotopic (exact) mass is 386 g/mol. The van der Waals surface area contributed by atoms with E-state index in [2.05, 4.69) is 20.3 Å². The van der Waals surface area contributed by atoms with Crippen molar-refractivity contribution in [3.8, 4) is 0 Å². The minimum absolute atomic E-state index is 0.0866. The van der Waals surface area contributed by atoms with Crippen LogP contribution in [-0.4, -0.2) is 27.4 Å². The number of aromatic nitrogens is 3. The third-order valence-electron chi connectivity index (χ3n) is 4.83. The average molecular weight is 387 g/mol. The Balaban J connectivity index is 1.70.